The Bertz CT molecular complexity index is 1240. The Kier molecular flexibility index (Phi) is 5.70. The van der Waals surface area contributed by atoms with E-state index in [0.717, 1.165) is 43.4 Å². The van der Waals surface area contributed by atoms with Crippen LogP contribution in [-0.4, -0.2) is 50.6 Å². The fourth-order valence-corrected chi connectivity index (χ4v) is 3.51. The molecule has 0 saturated heterocycles. The Morgan fingerprint density at radius 3 is 2.20 bits per heavy atom. The average Bonchev–Trinajstić information content (AvgIpc) is 3.13. The fraction of sp³-hybridized carbons (Fsp3) is 0.150. The summed E-state index contributed by atoms with van der Waals surface area (Å²) in [6.45, 7) is 0. The molecule has 1 heterocycles. The molecule has 0 aliphatic rings. The van der Waals surface area contributed by atoms with Crippen molar-refractivity contribution in [2.75, 3.05) is 20.5 Å². The lowest BCUT2D eigenvalue weighted by molar-refractivity contribution is 0.0549. The predicted octanol–water partition coefficient (Wildman–Crippen LogP) is 2.66. The van der Waals surface area contributed by atoms with Gasteiger partial charge in [-0.25, -0.2) is 27.1 Å². The van der Waals surface area contributed by atoms with Crippen molar-refractivity contribution in [1.29, 1.82) is 0 Å². The predicted molar refractivity (Wildman–Crippen MR) is 105 cm³/mol. The highest BCUT2D eigenvalue weighted by atomic mass is 32.2. The summed E-state index contributed by atoms with van der Waals surface area (Å²) >= 11 is 0. The molecule has 0 aliphatic heterocycles. The average molecular weight is 432 g/mol. The van der Waals surface area contributed by atoms with E-state index in [-0.39, 0.29) is 27.4 Å². The van der Waals surface area contributed by atoms with E-state index >= 15 is 0 Å². The summed E-state index contributed by atoms with van der Waals surface area (Å²) in [5.74, 6) is -2.70. The van der Waals surface area contributed by atoms with Crippen molar-refractivity contribution in [3.63, 3.8) is 0 Å². The zero-order chi connectivity index (χ0) is 22.1. The first-order valence-electron chi connectivity index (χ1n) is 8.54. The summed E-state index contributed by atoms with van der Waals surface area (Å²) in [4.78, 5) is 24.9. The molecule has 3 rings (SSSR count). The van der Waals surface area contributed by atoms with Crippen molar-refractivity contribution >= 4 is 21.8 Å². The molecule has 2 aromatic carbocycles. The van der Waals surface area contributed by atoms with Crippen molar-refractivity contribution in [1.82, 2.24) is 9.78 Å². The molecule has 10 heteroatoms. The molecule has 0 saturated carbocycles. The van der Waals surface area contributed by atoms with Gasteiger partial charge < -0.3 is 9.47 Å². The number of ether oxygens (including phenoxy) is 2. The molecule has 1 aromatic heterocycles. The molecule has 0 amide bonds. The minimum Gasteiger partial charge on any atom is -0.465 e. The number of hydrogen-bond acceptors (Lipinski definition) is 7. The van der Waals surface area contributed by atoms with E-state index in [4.69, 9.17) is 9.47 Å². The Hall–Kier alpha value is -3.53. The van der Waals surface area contributed by atoms with Gasteiger partial charge in [0.05, 0.1) is 24.8 Å². The zero-order valence-electron chi connectivity index (χ0n) is 16.2. The number of benzene rings is 2. The number of rotatable bonds is 5. The highest BCUT2D eigenvalue weighted by Crippen LogP contribution is 2.32. The van der Waals surface area contributed by atoms with E-state index in [1.807, 2.05) is 0 Å². The van der Waals surface area contributed by atoms with Crippen LogP contribution in [0.2, 0.25) is 0 Å². The fourth-order valence-electron chi connectivity index (χ4n) is 2.86. The Balaban J connectivity index is 2.43. The second-order valence-corrected chi connectivity index (χ2v) is 8.23. The van der Waals surface area contributed by atoms with Gasteiger partial charge in [0.1, 0.15) is 17.1 Å². The van der Waals surface area contributed by atoms with Gasteiger partial charge in [0.2, 0.25) is 0 Å². The molecule has 0 radical (unpaired) electrons. The van der Waals surface area contributed by atoms with Gasteiger partial charge in [-0.3, -0.25) is 0 Å². The van der Waals surface area contributed by atoms with Gasteiger partial charge in [-0.1, -0.05) is 18.2 Å². The second-order valence-electron chi connectivity index (χ2n) is 6.22. The summed E-state index contributed by atoms with van der Waals surface area (Å²) in [5, 5.41) is 4.25. The van der Waals surface area contributed by atoms with E-state index < -0.39 is 27.6 Å². The highest BCUT2D eigenvalue weighted by Gasteiger charge is 2.32. The molecule has 0 fully saturated rings. The maximum Gasteiger partial charge on any atom is 0.357 e. The monoisotopic (exact) mass is 432 g/mol. The van der Waals surface area contributed by atoms with Crippen LogP contribution in [0.25, 0.3) is 16.9 Å². The third-order valence-electron chi connectivity index (χ3n) is 4.28. The lowest BCUT2D eigenvalue weighted by Crippen LogP contribution is -2.15. The third kappa shape index (κ3) is 3.81. The Morgan fingerprint density at radius 2 is 1.63 bits per heavy atom. The molecule has 0 aliphatic carbocycles. The zero-order valence-corrected chi connectivity index (χ0v) is 17.1. The summed E-state index contributed by atoms with van der Waals surface area (Å²) < 4.78 is 49.3. The molecule has 0 unspecified atom stereocenters. The van der Waals surface area contributed by atoms with Crippen LogP contribution in [0.1, 0.15) is 20.8 Å². The molecule has 3 aromatic rings. The summed E-state index contributed by atoms with van der Waals surface area (Å²) in [5.41, 5.74) is -0.770. The number of carbonyl (C=O) groups is 2. The third-order valence-corrected chi connectivity index (χ3v) is 5.39. The van der Waals surface area contributed by atoms with Crippen molar-refractivity contribution < 1.29 is 31.9 Å². The van der Waals surface area contributed by atoms with Crippen LogP contribution < -0.4 is 0 Å². The maximum absolute atomic E-state index is 14.7. The lowest BCUT2D eigenvalue weighted by Gasteiger charge is -2.07. The van der Waals surface area contributed by atoms with Crippen LogP contribution in [-0.2, 0) is 19.3 Å². The first-order valence-corrected chi connectivity index (χ1v) is 10.4. The van der Waals surface area contributed by atoms with E-state index in [0.29, 0.717) is 5.69 Å². The van der Waals surface area contributed by atoms with Crippen molar-refractivity contribution in [2.45, 2.75) is 4.90 Å². The molecule has 0 bridgehead atoms. The van der Waals surface area contributed by atoms with E-state index in [1.165, 1.54) is 0 Å². The van der Waals surface area contributed by atoms with Crippen LogP contribution in [0, 0.1) is 5.82 Å². The molecular weight excluding hydrogens is 415 g/mol. The minimum absolute atomic E-state index is 0.177. The number of aromatic nitrogens is 2. The second kappa shape index (κ2) is 8.07. The van der Waals surface area contributed by atoms with Crippen LogP contribution in [0.5, 0.6) is 0 Å². The van der Waals surface area contributed by atoms with Crippen LogP contribution >= 0.6 is 0 Å². The molecule has 156 valence electrons. The number of hydrogen-bond donors (Lipinski definition) is 0. The van der Waals surface area contributed by atoms with E-state index in [9.17, 15) is 22.4 Å². The SMILES string of the molecule is COC(=O)c1c(-c2cc(S(C)(=O)=O)ccc2F)nn(-c2ccccc2)c1C(=O)OC. The summed E-state index contributed by atoms with van der Waals surface area (Å²) in [6.07, 6.45) is 0.966. The van der Waals surface area contributed by atoms with Crippen molar-refractivity contribution in [2.24, 2.45) is 0 Å². The smallest absolute Gasteiger partial charge is 0.357 e. The molecule has 8 nitrogen and oxygen atoms in total. The Morgan fingerprint density at radius 1 is 1.00 bits per heavy atom. The van der Waals surface area contributed by atoms with Gasteiger partial charge in [0.15, 0.2) is 15.5 Å². The highest BCUT2D eigenvalue weighted by molar-refractivity contribution is 7.90. The molecule has 0 N–H and O–H groups in total. The van der Waals surface area contributed by atoms with Crippen molar-refractivity contribution in [3.05, 3.63) is 65.6 Å². The van der Waals surface area contributed by atoms with Crippen LogP contribution in [0.3, 0.4) is 0 Å². The largest absolute Gasteiger partial charge is 0.465 e. The number of carbonyl (C=O) groups excluding carboxylic acids is 2. The van der Waals surface area contributed by atoms with E-state index in [1.54, 1.807) is 30.3 Å². The van der Waals surface area contributed by atoms with Gasteiger partial charge >= 0.3 is 11.9 Å². The normalized spacial score (nSPS) is 11.2. The molecular formula is C20H17FN2O6S. The molecule has 0 spiro atoms. The topological polar surface area (TPSA) is 105 Å². The molecule has 30 heavy (non-hydrogen) atoms. The van der Waals surface area contributed by atoms with Gasteiger partial charge in [0.25, 0.3) is 0 Å². The minimum atomic E-state index is -3.67. The number of para-hydroxylation sites is 1. The van der Waals surface area contributed by atoms with Crippen LogP contribution in [0.4, 0.5) is 4.39 Å². The van der Waals surface area contributed by atoms with Crippen molar-refractivity contribution in [3.8, 4) is 16.9 Å². The number of methoxy groups -OCH3 is 2. The first kappa shape index (κ1) is 21.2. The number of nitrogens with zero attached hydrogens (tertiary/aromatic N) is 2. The molecule has 0 atom stereocenters. The summed E-state index contributed by atoms with van der Waals surface area (Å²) in [6, 6.07) is 11.4. The van der Waals surface area contributed by atoms with Gasteiger partial charge in [-0.15, -0.1) is 0 Å². The maximum atomic E-state index is 14.7. The van der Waals surface area contributed by atoms with Gasteiger partial charge in [0, 0.05) is 11.8 Å². The Labute approximate surface area is 171 Å². The standard InChI is InChI=1S/C20H17FN2O6S/c1-28-19(24)16-17(14-11-13(30(3,26)27)9-10-15(14)21)22-23(18(16)20(25)29-2)12-7-5-4-6-8-12/h4-11H,1-3H3. The summed E-state index contributed by atoms with van der Waals surface area (Å²) in [7, 11) is -1.46. The van der Waals surface area contributed by atoms with Crippen LogP contribution in [0.15, 0.2) is 53.4 Å². The van der Waals surface area contributed by atoms with Gasteiger partial charge in [-0.05, 0) is 30.3 Å². The number of sulfone groups is 1. The van der Waals surface area contributed by atoms with Gasteiger partial charge in [-0.2, -0.15) is 5.10 Å². The number of esters is 2. The number of halogens is 1. The first-order chi connectivity index (χ1) is 14.2. The lowest BCUT2D eigenvalue weighted by atomic mass is 10.0. The quantitative estimate of drug-likeness (QED) is 0.451. The van der Waals surface area contributed by atoms with E-state index in [2.05, 4.69) is 5.10 Å².